The first kappa shape index (κ1) is 17.7. The fourth-order valence-corrected chi connectivity index (χ4v) is 3.03. The molecule has 0 spiro atoms. The Morgan fingerprint density at radius 3 is 2.36 bits per heavy atom. The van der Waals surface area contributed by atoms with Gasteiger partial charge in [0.05, 0.1) is 30.7 Å². The standard InChI is InChI=1S/C22H19N3O3/c1-3-28-22(26)16-6-4-14(5-7-16)19-13-12-18-20(24-25-21(18)23-19)15-8-10-17(27-2)11-9-15/h4-13H,3H2,1-2H3,(H,23,24,25). The van der Waals surface area contributed by atoms with Crippen LogP contribution in [0, 0.1) is 0 Å². The Bertz CT molecular complexity index is 1120. The highest BCUT2D eigenvalue weighted by Gasteiger charge is 2.11. The highest BCUT2D eigenvalue weighted by Crippen LogP contribution is 2.29. The van der Waals surface area contributed by atoms with Crippen molar-refractivity contribution >= 4 is 17.0 Å². The summed E-state index contributed by atoms with van der Waals surface area (Å²) in [6.07, 6.45) is 0. The Hall–Kier alpha value is -3.67. The zero-order chi connectivity index (χ0) is 19.5. The number of nitrogens with one attached hydrogen (secondary N) is 1. The third-order valence-electron chi connectivity index (χ3n) is 4.49. The molecule has 0 unspecified atom stereocenters. The topological polar surface area (TPSA) is 77.1 Å². The first-order valence-corrected chi connectivity index (χ1v) is 8.96. The van der Waals surface area contributed by atoms with Crippen LogP contribution in [0.4, 0.5) is 0 Å². The number of hydrogen-bond acceptors (Lipinski definition) is 5. The van der Waals surface area contributed by atoms with Crippen molar-refractivity contribution in [2.45, 2.75) is 6.92 Å². The molecular formula is C22H19N3O3. The van der Waals surface area contributed by atoms with Gasteiger partial charge in [0.15, 0.2) is 5.65 Å². The first-order chi connectivity index (χ1) is 13.7. The van der Waals surface area contributed by atoms with Crippen LogP contribution in [0.3, 0.4) is 0 Å². The van der Waals surface area contributed by atoms with Crippen LogP contribution in [0.5, 0.6) is 5.75 Å². The number of H-pyrrole nitrogens is 1. The van der Waals surface area contributed by atoms with Crippen LogP contribution < -0.4 is 4.74 Å². The van der Waals surface area contributed by atoms with E-state index in [0.717, 1.165) is 33.7 Å². The van der Waals surface area contributed by atoms with Gasteiger partial charge in [-0.1, -0.05) is 12.1 Å². The van der Waals surface area contributed by atoms with Gasteiger partial charge < -0.3 is 9.47 Å². The molecule has 0 atom stereocenters. The molecule has 0 saturated carbocycles. The molecule has 2 aromatic carbocycles. The van der Waals surface area contributed by atoms with Crippen molar-refractivity contribution in [3.05, 3.63) is 66.2 Å². The molecule has 6 nitrogen and oxygen atoms in total. The molecule has 4 rings (SSSR count). The van der Waals surface area contributed by atoms with Gasteiger partial charge in [-0.05, 0) is 55.5 Å². The number of rotatable bonds is 5. The molecule has 28 heavy (non-hydrogen) atoms. The predicted molar refractivity (Wildman–Crippen MR) is 107 cm³/mol. The van der Waals surface area contributed by atoms with Crippen LogP contribution in [0.2, 0.25) is 0 Å². The molecule has 140 valence electrons. The number of methoxy groups -OCH3 is 1. The van der Waals surface area contributed by atoms with Gasteiger partial charge in [0.25, 0.3) is 0 Å². The second-order valence-corrected chi connectivity index (χ2v) is 6.19. The molecular weight excluding hydrogens is 354 g/mol. The number of fused-ring (bicyclic) bond motifs is 1. The van der Waals surface area contributed by atoms with Gasteiger partial charge in [0, 0.05) is 16.5 Å². The van der Waals surface area contributed by atoms with Crippen LogP contribution >= 0.6 is 0 Å². The Balaban J connectivity index is 1.64. The second kappa shape index (κ2) is 7.52. The van der Waals surface area contributed by atoms with Crippen molar-refractivity contribution in [1.82, 2.24) is 15.2 Å². The van der Waals surface area contributed by atoms with Crippen LogP contribution in [-0.2, 0) is 4.74 Å². The molecule has 0 fully saturated rings. The highest BCUT2D eigenvalue weighted by atomic mass is 16.5. The van der Waals surface area contributed by atoms with Crippen molar-refractivity contribution in [2.24, 2.45) is 0 Å². The van der Waals surface area contributed by atoms with Crippen molar-refractivity contribution in [1.29, 1.82) is 0 Å². The molecule has 0 bridgehead atoms. The summed E-state index contributed by atoms with van der Waals surface area (Å²) in [5.74, 6) is 0.480. The van der Waals surface area contributed by atoms with Gasteiger partial charge >= 0.3 is 5.97 Å². The van der Waals surface area contributed by atoms with E-state index < -0.39 is 0 Å². The molecule has 0 aliphatic rings. The smallest absolute Gasteiger partial charge is 0.338 e. The minimum atomic E-state index is -0.325. The molecule has 0 saturated heterocycles. The van der Waals surface area contributed by atoms with Gasteiger partial charge in [-0.15, -0.1) is 0 Å². The average molecular weight is 373 g/mol. The molecule has 4 aromatic rings. The van der Waals surface area contributed by atoms with Gasteiger partial charge in [0.2, 0.25) is 0 Å². The number of hydrogen-bond donors (Lipinski definition) is 1. The van der Waals surface area contributed by atoms with Gasteiger partial charge in [0.1, 0.15) is 5.75 Å². The lowest BCUT2D eigenvalue weighted by Gasteiger charge is -2.05. The lowest BCUT2D eigenvalue weighted by atomic mass is 10.1. The summed E-state index contributed by atoms with van der Waals surface area (Å²) in [5, 5.41) is 8.36. The fourth-order valence-electron chi connectivity index (χ4n) is 3.03. The van der Waals surface area contributed by atoms with Crippen molar-refractivity contribution in [3.8, 4) is 28.3 Å². The molecule has 1 N–H and O–H groups in total. The van der Waals surface area contributed by atoms with Crippen LogP contribution in [-0.4, -0.2) is 34.9 Å². The van der Waals surface area contributed by atoms with Crippen molar-refractivity contribution < 1.29 is 14.3 Å². The van der Waals surface area contributed by atoms with Gasteiger partial charge in [-0.2, -0.15) is 5.10 Å². The molecule has 6 heteroatoms. The minimum absolute atomic E-state index is 0.325. The molecule has 2 aromatic heterocycles. The summed E-state index contributed by atoms with van der Waals surface area (Å²) in [6.45, 7) is 2.14. The summed E-state index contributed by atoms with van der Waals surface area (Å²) >= 11 is 0. The monoisotopic (exact) mass is 373 g/mol. The van der Waals surface area contributed by atoms with E-state index in [0.29, 0.717) is 17.8 Å². The third kappa shape index (κ3) is 3.32. The van der Waals surface area contributed by atoms with E-state index in [-0.39, 0.29) is 5.97 Å². The van der Waals surface area contributed by atoms with Gasteiger partial charge in [-0.3, -0.25) is 5.10 Å². The minimum Gasteiger partial charge on any atom is -0.497 e. The Kier molecular flexibility index (Phi) is 4.76. The summed E-state index contributed by atoms with van der Waals surface area (Å²) in [5.41, 5.74) is 4.77. The predicted octanol–water partition coefficient (Wildman–Crippen LogP) is 4.48. The summed E-state index contributed by atoms with van der Waals surface area (Å²) in [4.78, 5) is 16.4. The number of aromatic amines is 1. The van der Waals surface area contributed by atoms with E-state index in [1.165, 1.54) is 0 Å². The zero-order valence-electron chi connectivity index (χ0n) is 15.6. The lowest BCUT2D eigenvalue weighted by Crippen LogP contribution is -2.04. The third-order valence-corrected chi connectivity index (χ3v) is 4.49. The largest absolute Gasteiger partial charge is 0.497 e. The Labute approximate surface area is 162 Å². The first-order valence-electron chi connectivity index (χ1n) is 8.96. The number of ether oxygens (including phenoxy) is 2. The summed E-state index contributed by atoms with van der Waals surface area (Å²) in [7, 11) is 1.64. The summed E-state index contributed by atoms with van der Waals surface area (Å²) in [6, 6.07) is 18.9. The van der Waals surface area contributed by atoms with Gasteiger partial charge in [-0.25, -0.2) is 9.78 Å². The Morgan fingerprint density at radius 2 is 1.68 bits per heavy atom. The quantitative estimate of drug-likeness (QED) is 0.522. The molecule has 0 aliphatic carbocycles. The van der Waals surface area contributed by atoms with E-state index in [4.69, 9.17) is 9.47 Å². The molecule has 0 amide bonds. The van der Waals surface area contributed by atoms with Crippen LogP contribution in [0.15, 0.2) is 60.7 Å². The number of nitrogens with zero attached hydrogens (tertiary/aromatic N) is 2. The molecule has 0 aliphatic heterocycles. The maximum absolute atomic E-state index is 11.8. The van der Waals surface area contributed by atoms with Crippen molar-refractivity contribution in [2.75, 3.05) is 13.7 Å². The summed E-state index contributed by atoms with van der Waals surface area (Å²) < 4.78 is 10.2. The fraction of sp³-hybridized carbons (Fsp3) is 0.136. The molecule has 2 heterocycles. The van der Waals surface area contributed by atoms with E-state index in [1.54, 1.807) is 26.2 Å². The van der Waals surface area contributed by atoms with E-state index in [2.05, 4.69) is 15.2 Å². The number of carbonyl (C=O) groups is 1. The average Bonchev–Trinajstić information content (AvgIpc) is 3.17. The number of aromatic nitrogens is 3. The maximum atomic E-state index is 11.8. The van der Waals surface area contributed by atoms with Crippen LogP contribution in [0.25, 0.3) is 33.5 Å². The SMILES string of the molecule is CCOC(=O)c1ccc(-c2ccc3c(-c4ccc(OC)cc4)[nH]nc3n2)cc1. The molecule has 0 radical (unpaired) electrons. The van der Waals surface area contributed by atoms with E-state index >= 15 is 0 Å². The van der Waals surface area contributed by atoms with Crippen molar-refractivity contribution in [3.63, 3.8) is 0 Å². The van der Waals surface area contributed by atoms with E-state index in [9.17, 15) is 4.79 Å². The number of benzene rings is 2. The number of esters is 1. The number of pyridine rings is 1. The highest BCUT2D eigenvalue weighted by molar-refractivity contribution is 5.92. The number of carbonyl (C=O) groups excluding carboxylic acids is 1. The lowest BCUT2D eigenvalue weighted by molar-refractivity contribution is 0.0526. The Morgan fingerprint density at radius 1 is 0.964 bits per heavy atom. The van der Waals surface area contributed by atoms with E-state index in [1.807, 2.05) is 48.5 Å². The van der Waals surface area contributed by atoms with Crippen LogP contribution in [0.1, 0.15) is 17.3 Å². The normalized spacial score (nSPS) is 10.8. The maximum Gasteiger partial charge on any atom is 0.338 e. The second-order valence-electron chi connectivity index (χ2n) is 6.19. The zero-order valence-corrected chi connectivity index (χ0v) is 15.6.